The van der Waals surface area contributed by atoms with Crippen molar-refractivity contribution in [3.8, 4) is 0 Å². The molecule has 2 aromatic heterocycles. The summed E-state index contributed by atoms with van der Waals surface area (Å²) in [5, 5.41) is 8.45. The van der Waals surface area contributed by atoms with E-state index in [9.17, 15) is 0 Å². The summed E-state index contributed by atoms with van der Waals surface area (Å²) in [6.45, 7) is 6.03. The van der Waals surface area contributed by atoms with E-state index >= 15 is 0 Å². The van der Waals surface area contributed by atoms with E-state index in [2.05, 4.69) is 32.7 Å². The molecule has 0 atom stereocenters. The van der Waals surface area contributed by atoms with E-state index in [0.29, 0.717) is 5.92 Å². The van der Waals surface area contributed by atoms with Gasteiger partial charge in [0, 0.05) is 30.8 Å². The van der Waals surface area contributed by atoms with Crippen LogP contribution in [0.3, 0.4) is 0 Å². The highest BCUT2D eigenvalue weighted by molar-refractivity contribution is 7.10. The second kappa shape index (κ2) is 6.20. The molecule has 0 spiro atoms. The molecule has 108 valence electrons. The quantitative estimate of drug-likeness (QED) is 0.871. The molecule has 0 aliphatic carbocycles. The van der Waals surface area contributed by atoms with Crippen LogP contribution in [0.2, 0.25) is 4.34 Å². The van der Waals surface area contributed by atoms with Crippen LogP contribution in [0, 0.1) is 0 Å². The first kappa shape index (κ1) is 14.0. The number of aryl methyl sites for hydroxylation is 1. The van der Waals surface area contributed by atoms with Gasteiger partial charge in [-0.1, -0.05) is 16.1 Å². The summed E-state index contributed by atoms with van der Waals surface area (Å²) in [4.78, 5) is 2.41. The lowest BCUT2D eigenvalue weighted by Gasteiger charge is -2.30. The normalized spacial score (nSPS) is 17.7. The van der Waals surface area contributed by atoms with Crippen LogP contribution in [0.15, 0.2) is 12.4 Å². The van der Waals surface area contributed by atoms with Crippen molar-refractivity contribution in [1.82, 2.24) is 24.3 Å². The summed E-state index contributed by atoms with van der Waals surface area (Å²) in [5.74, 6) is 0.635. The molecule has 1 fully saturated rings. The second-order valence-corrected chi connectivity index (χ2v) is 6.53. The number of piperidine rings is 1. The van der Waals surface area contributed by atoms with Gasteiger partial charge in [0.1, 0.15) is 10.0 Å². The number of rotatable bonds is 4. The van der Waals surface area contributed by atoms with Gasteiger partial charge >= 0.3 is 0 Å². The van der Waals surface area contributed by atoms with Gasteiger partial charge in [0.15, 0.2) is 0 Å². The van der Waals surface area contributed by atoms with Crippen LogP contribution in [0.4, 0.5) is 0 Å². The molecular weight excluding hydrogens is 294 g/mol. The Bertz CT molecular complexity index is 559. The Morgan fingerprint density at radius 3 is 2.80 bits per heavy atom. The molecule has 3 rings (SSSR count). The zero-order valence-corrected chi connectivity index (χ0v) is 13.1. The minimum absolute atomic E-state index is 0.635. The molecule has 1 saturated heterocycles. The Hall–Kier alpha value is -0.980. The standard InChI is InChI=1S/C13H18ClN5S/c1-2-19-8-11(7-15-19)10-3-5-18(6-4-10)9-12-13(14)20-17-16-12/h7-8,10H,2-6,9H2,1H3. The van der Waals surface area contributed by atoms with Gasteiger partial charge in [-0.2, -0.15) is 5.10 Å². The van der Waals surface area contributed by atoms with Crippen molar-refractivity contribution in [2.75, 3.05) is 13.1 Å². The van der Waals surface area contributed by atoms with Crippen LogP contribution in [-0.4, -0.2) is 37.4 Å². The Morgan fingerprint density at radius 1 is 1.40 bits per heavy atom. The SMILES string of the molecule is CCn1cc(C2CCN(Cc3nnsc3Cl)CC2)cn1. The lowest BCUT2D eigenvalue weighted by molar-refractivity contribution is 0.202. The Morgan fingerprint density at radius 2 is 2.20 bits per heavy atom. The van der Waals surface area contributed by atoms with Crippen molar-refractivity contribution in [1.29, 1.82) is 0 Å². The van der Waals surface area contributed by atoms with Gasteiger partial charge in [-0.3, -0.25) is 9.58 Å². The van der Waals surface area contributed by atoms with E-state index < -0.39 is 0 Å². The first-order valence-corrected chi connectivity index (χ1v) is 8.13. The van der Waals surface area contributed by atoms with E-state index in [4.69, 9.17) is 11.6 Å². The molecule has 1 aliphatic heterocycles. The van der Waals surface area contributed by atoms with Gasteiger partial charge in [-0.25, -0.2) is 0 Å². The highest BCUT2D eigenvalue weighted by Crippen LogP contribution is 2.29. The number of aromatic nitrogens is 4. The van der Waals surface area contributed by atoms with Gasteiger partial charge in [-0.05, 0) is 44.3 Å². The minimum Gasteiger partial charge on any atom is -0.297 e. The van der Waals surface area contributed by atoms with Crippen LogP contribution >= 0.6 is 23.1 Å². The molecular formula is C13H18ClN5S. The average molecular weight is 312 g/mol. The molecule has 3 heterocycles. The van der Waals surface area contributed by atoms with Crippen LogP contribution in [-0.2, 0) is 13.1 Å². The van der Waals surface area contributed by atoms with Crippen LogP contribution in [0.1, 0.15) is 36.9 Å². The third-order valence-corrected chi connectivity index (χ3v) is 4.90. The maximum atomic E-state index is 6.06. The van der Waals surface area contributed by atoms with Crippen molar-refractivity contribution < 1.29 is 0 Å². The van der Waals surface area contributed by atoms with Crippen molar-refractivity contribution in [2.45, 2.75) is 38.8 Å². The molecule has 0 amide bonds. The van der Waals surface area contributed by atoms with Crippen LogP contribution in [0.5, 0.6) is 0 Å². The molecule has 0 unspecified atom stereocenters. The molecule has 5 nitrogen and oxygen atoms in total. The lowest BCUT2D eigenvalue weighted by atomic mass is 9.91. The first-order valence-electron chi connectivity index (χ1n) is 6.97. The molecule has 1 aliphatic rings. The van der Waals surface area contributed by atoms with E-state index in [1.807, 2.05) is 10.9 Å². The molecule has 0 radical (unpaired) electrons. The van der Waals surface area contributed by atoms with E-state index in [-0.39, 0.29) is 0 Å². The third kappa shape index (κ3) is 3.02. The fourth-order valence-electron chi connectivity index (χ4n) is 2.69. The maximum Gasteiger partial charge on any atom is 0.138 e. The second-order valence-electron chi connectivity index (χ2n) is 5.17. The van der Waals surface area contributed by atoms with Gasteiger partial charge < -0.3 is 0 Å². The fourth-order valence-corrected chi connectivity index (χ4v) is 3.30. The molecule has 2 aromatic rings. The summed E-state index contributed by atoms with van der Waals surface area (Å²) in [6, 6.07) is 0. The number of likely N-dealkylation sites (tertiary alicyclic amines) is 1. The van der Waals surface area contributed by atoms with Crippen LogP contribution < -0.4 is 0 Å². The van der Waals surface area contributed by atoms with E-state index in [1.165, 1.54) is 29.9 Å². The monoisotopic (exact) mass is 311 g/mol. The van der Waals surface area contributed by atoms with Crippen molar-refractivity contribution in [3.05, 3.63) is 28.0 Å². The smallest absolute Gasteiger partial charge is 0.138 e. The molecule has 20 heavy (non-hydrogen) atoms. The van der Waals surface area contributed by atoms with Crippen molar-refractivity contribution in [2.24, 2.45) is 0 Å². The number of nitrogens with zero attached hydrogens (tertiary/aromatic N) is 5. The predicted molar refractivity (Wildman–Crippen MR) is 80.1 cm³/mol. The Balaban J connectivity index is 1.55. The first-order chi connectivity index (χ1) is 9.76. The summed E-state index contributed by atoms with van der Waals surface area (Å²) in [7, 11) is 0. The lowest BCUT2D eigenvalue weighted by Crippen LogP contribution is -2.32. The predicted octanol–water partition coefficient (Wildman–Crippen LogP) is 2.79. The van der Waals surface area contributed by atoms with Gasteiger partial charge in [-0.15, -0.1) is 5.10 Å². The number of halogens is 1. The zero-order valence-electron chi connectivity index (χ0n) is 11.5. The Labute approximate surface area is 127 Å². The van der Waals surface area contributed by atoms with Gasteiger partial charge in [0.05, 0.1) is 6.20 Å². The fraction of sp³-hybridized carbons (Fsp3) is 0.615. The molecule has 7 heteroatoms. The summed E-state index contributed by atoms with van der Waals surface area (Å²) in [5.41, 5.74) is 2.29. The van der Waals surface area contributed by atoms with E-state index in [1.54, 1.807) is 0 Å². The van der Waals surface area contributed by atoms with Crippen molar-refractivity contribution >= 4 is 23.1 Å². The number of hydrogen-bond donors (Lipinski definition) is 0. The highest BCUT2D eigenvalue weighted by Gasteiger charge is 2.22. The Kier molecular flexibility index (Phi) is 4.33. The maximum absolute atomic E-state index is 6.06. The average Bonchev–Trinajstić information content (AvgIpc) is 3.10. The molecule has 0 aromatic carbocycles. The van der Waals surface area contributed by atoms with Gasteiger partial charge in [0.2, 0.25) is 0 Å². The highest BCUT2D eigenvalue weighted by atomic mass is 35.5. The zero-order chi connectivity index (χ0) is 13.9. The third-order valence-electron chi connectivity index (χ3n) is 3.92. The largest absolute Gasteiger partial charge is 0.297 e. The number of hydrogen-bond acceptors (Lipinski definition) is 5. The van der Waals surface area contributed by atoms with Crippen LogP contribution in [0.25, 0.3) is 0 Å². The summed E-state index contributed by atoms with van der Waals surface area (Å²) >= 11 is 7.32. The van der Waals surface area contributed by atoms with Crippen molar-refractivity contribution in [3.63, 3.8) is 0 Å². The summed E-state index contributed by atoms with van der Waals surface area (Å²) < 4.78 is 6.61. The van der Waals surface area contributed by atoms with Gasteiger partial charge in [0.25, 0.3) is 0 Å². The topological polar surface area (TPSA) is 46.8 Å². The summed E-state index contributed by atoms with van der Waals surface area (Å²) in [6.07, 6.45) is 6.54. The molecule has 0 bridgehead atoms. The molecule has 0 N–H and O–H groups in total. The molecule has 0 saturated carbocycles. The van der Waals surface area contributed by atoms with E-state index in [0.717, 1.165) is 36.2 Å². The minimum atomic E-state index is 0.635.